The SMILES string of the molecule is CN=C(NCc1cc(OC)c(OC)c(OC)c1)NCC1(C2CC2)CCC1. The summed E-state index contributed by atoms with van der Waals surface area (Å²) in [7, 11) is 6.69. The van der Waals surface area contributed by atoms with E-state index in [0.717, 1.165) is 24.0 Å². The lowest BCUT2D eigenvalue weighted by atomic mass is 9.65. The number of hydrogen-bond acceptors (Lipinski definition) is 4. The van der Waals surface area contributed by atoms with Gasteiger partial charge in [0, 0.05) is 20.1 Å². The number of nitrogens with one attached hydrogen (secondary N) is 2. The molecule has 2 aliphatic rings. The van der Waals surface area contributed by atoms with Crippen molar-refractivity contribution < 1.29 is 14.2 Å². The average molecular weight is 361 g/mol. The predicted octanol–water partition coefficient (Wildman–Crippen LogP) is 2.96. The Bertz CT molecular complexity index is 627. The third kappa shape index (κ3) is 3.84. The molecule has 0 spiro atoms. The number of hydrogen-bond donors (Lipinski definition) is 2. The van der Waals surface area contributed by atoms with E-state index in [1.54, 1.807) is 21.3 Å². The van der Waals surface area contributed by atoms with Crippen LogP contribution in [0.4, 0.5) is 0 Å². The first-order valence-electron chi connectivity index (χ1n) is 9.39. The van der Waals surface area contributed by atoms with Crippen LogP contribution in [-0.2, 0) is 6.54 Å². The van der Waals surface area contributed by atoms with Crippen molar-refractivity contribution in [3.05, 3.63) is 17.7 Å². The topological polar surface area (TPSA) is 64.1 Å². The van der Waals surface area contributed by atoms with E-state index in [2.05, 4.69) is 15.6 Å². The molecule has 6 heteroatoms. The van der Waals surface area contributed by atoms with Crippen LogP contribution in [-0.4, -0.2) is 40.9 Å². The smallest absolute Gasteiger partial charge is 0.203 e. The maximum Gasteiger partial charge on any atom is 0.203 e. The maximum absolute atomic E-state index is 5.42. The zero-order chi connectivity index (χ0) is 18.6. The van der Waals surface area contributed by atoms with E-state index in [-0.39, 0.29) is 0 Å². The highest BCUT2D eigenvalue weighted by molar-refractivity contribution is 5.79. The minimum absolute atomic E-state index is 0.518. The molecular formula is C20H31N3O3. The molecule has 0 atom stereocenters. The Morgan fingerprint density at radius 3 is 2.15 bits per heavy atom. The Labute approximate surface area is 156 Å². The summed E-state index contributed by atoms with van der Waals surface area (Å²) in [4.78, 5) is 4.37. The molecule has 144 valence electrons. The second-order valence-electron chi connectivity index (χ2n) is 7.30. The van der Waals surface area contributed by atoms with Crippen LogP contribution in [0.3, 0.4) is 0 Å². The van der Waals surface area contributed by atoms with Gasteiger partial charge in [-0.05, 0) is 54.7 Å². The molecule has 1 aromatic rings. The molecule has 2 N–H and O–H groups in total. The molecule has 6 nitrogen and oxygen atoms in total. The molecule has 0 amide bonds. The Morgan fingerprint density at radius 1 is 1.08 bits per heavy atom. The van der Waals surface area contributed by atoms with Gasteiger partial charge >= 0.3 is 0 Å². The summed E-state index contributed by atoms with van der Waals surface area (Å²) in [5.74, 6) is 3.70. The fraction of sp³-hybridized carbons (Fsp3) is 0.650. The van der Waals surface area contributed by atoms with Gasteiger partial charge in [-0.3, -0.25) is 4.99 Å². The third-order valence-corrected chi connectivity index (χ3v) is 5.81. The standard InChI is InChI=1S/C20H31N3O3/c1-21-19(23-13-20(8-5-9-20)15-6-7-15)22-12-14-10-16(24-2)18(26-4)17(11-14)25-3/h10-11,15H,5-9,12-13H2,1-4H3,(H2,21,22,23). The van der Waals surface area contributed by atoms with E-state index < -0.39 is 0 Å². The average Bonchev–Trinajstić information content (AvgIpc) is 3.47. The molecule has 3 rings (SSSR count). The van der Waals surface area contributed by atoms with Crippen molar-refractivity contribution in [3.8, 4) is 17.2 Å². The molecule has 1 aromatic carbocycles. The molecule has 0 saturated heterocycles. The van der Waals surface area contributed by atoms with Gasteiger partial charge < -0.3 is 24.8 Å². The van der Waals surface area contributed by atoms with Crippen LogP contribution in [0.2, 0.25) is 0 Å². The quantitative estimate of drug-likeness (QED) is 0.551. The van der Waals surface area contributed by atoms with Crippen molar-refractivity contribution in [1.82, 2.24) is 10.6 Å². The highest BCUT2D eigenvalue weighted by Gasteiger charge is 2.48. The summed E-state index contributed by atoms with van der Waals surface area (Å²) in [6.45, 7) is 1.65. The van der Waals surface area contributed by atoms with Crippen molar-refractivity contribution in [2.75, 3.05) is 34.9 Å². The first-order chi connectivity index (χ1) is 12.7. The number of aliphatic imine (C=N–C) groups is 1. The van der Waals surface area contributed by atoms with Crippen LogP contribution in [0.25, 0.3) is 0 Å². The molecule has 0 aromatic heterocycles. The fourth-order valence-corrected chi connectivity index (χ4v) is 3.96. The van der Waals surface area contributed by atoms with Crippen molar-refractivity contribution in [2.45, 2.75) is 38.6 Å². The lowest BCUT2D eigenvalue weighted by molar-refractivity contribution is 0.106. The van der Waals surface area contributed by atoms with Crippen molar-refractivity contribution in [2.24, 2.45) is 16.3 Å². The normalized spacial score (nSPS) is 18.7. The molecule has 0 heterocycles. The lowest BCUT2D eigenvalue weighted by Crippen LogP contribution is -2.47. The second-order valence-corrected chi connectivity index (χ2v) is 7.30. The lowest BCUT2D eigenvalue weighted by Gasteiger charge is -2.43. The molecule has 2 saturated carbocycles. The van der Waals surface area contributed by atoms with Crippen LogP contribution in [0.15, 0.2) is 17.1 Å². The Morgan fingerprint density at radius 2 is 1.73 bits per heavy atom. The number of methoxy groups -OCH3 is 3. The highest BCUT2D eigenvalue weighted by atomic mass is 16.5. The van der Waals surface area contributed by atoms with Crippen molar-refractivity contribution >= 4 is 5.96 Å². The van der Waals surface area contributed by atoms with E-state index in [1.807, 2.05) is 19.2 Å². The molecule has 0 bridgehead atoms. The van der Waals surface area contributed by atoms with E-state index >= 15 is 0 Å². The fourth-order valence-electron chi connectivity index (χ4n) is 3.96. The number of rotatable bonds is 8. The molecular weight excluding hydrogens is 330 g/mol. The first-order valence-corrected chi connectivity index (χ1v) is 9.39. The zero-order valence-corrected chi connectivity index (χ0v) is 16.4. The summed E-state index contributed by atoms with van der Waals surface area (Å²) in [6, 6.07) is 3.92. The molecule has 2 aliphatic carbocycles. The molecule has 26 heavy (non-hydrogen) atoms. The highest BCUT2D eigenvalue weighted by Crippen LogP contribution is 2.56. The van der Waals surface area contributed by atoms with Gasteiger partial charge in [-0.25, -0.2) is 0 Å². The third-order valence-electron chi connectivity index (χ3n) is 5.81. The summed E-state index contributed by atoms with van der Waals surface area (Å²) >= 11 is 0. The van der Waals surface area contributed by atoms with Gasteiger partial charge in [-0.2, -0.15) is 0 Å². The number of guanidine groups is 1. The zero-order valence-electron chi connectivity index (χ0n) is 16.4. The van der Waals surface area contributed by atoms with Crippen LogP contribution >= 0.6 is 0 Å². The molecule has 0 radical (unpaired) electrons. The van der Waals surface area contributed by atoms with E-state index in [9.17, 15) is 0 Å². The number of benzene rings is 1. The largest absolute Gasteiger partial charge is 0.493 e. The van der Waals surface area contributed by atoms with Crippen LogP contribution in [0.5, 0.6) is 17.2 Å². The summed E-state index contributed by atoms with van der Waals surface area (Å²) < 4.78 is 16.2. The van der Waals surface area contributed by atoms with Gasteiger partial charge in [-0.15, -0.1) is 0 Å². The van der Waals surface area contributed by atoms with Crippen molar-refractivity contribution in [3.63, 3.8) is 0 Å². The van der Waals surface area contributed by atoms with Crippen LogP contribution in [0, 0.1) is 11.3 Å². The monoisotopic (exact) mass is 361 g/mol. The number of ether oxygens (including phenoxy) is 3. The van der Waals surface area contributed by atoms with E-state index in [1.165, 1.54) is 32.1 Å². The number of nitrogens with zero attached hydrogens (tertiary/aromatic N) is 1. The molecule has 0 aliphatic heterocycles. The summed E-state index contributed by atoms with van der Waals surface area (Å²) in [5, 5.41) is 6.93. The molecule has 2 fully saturated rings. The first kappa shape index (κ1) is 18.7. The minimum Gasteiger partial charge on any atom is -0.493 e. The van der Waals surface area contributed by atoms with E-state index in [4.69, 9.17) is 14.2 Å². The van der Waals surface area contributed by atoms with Crippen LogP contribution in [0.1, 0.15) is 37.7 Å². The van der Waals surface area contributed by atoms with E-state index in [0.29, 0.717) is 29.2 Å². The predicted molar refractivity (Wildman–Crippen MR) is 103 cm³/mol. The van der Waals surface area contributed by atoms with Crippen molar-refractivity contribution in [1.29, 1.82) is 0 Å². The Kier molecular flexibility index (Phi) is 5.79. The van der Waals surface area contributed by atoms with Gasteiger partial charge in [0.1, 0.15) is 0 Å². The minimum atomic E-state index is 0.518. The van der Waals surface area contributed by atoms with Gasteiger partial charge in [0.2, 0.25) is 5.75 Å². The van der Waals surface area contributed by atoms with Gasteiger partial charge in [0.05, 0.1) is 21.3 Å². The van der Waals surface area contributed by atoms with Crippen LogP contribution < -0.4 is 24.8 Å². The van der Waals surface area contributed by atoms with Gasteiger partial charge in [-0.1, -0.05) is 6.42 Å². The Balaban J connectivity index is 1.59. The second kappa shape index (κ2) is 8.06. The molecule has 0 unspecified atom stereocenters. The van der Waals surface area contributed by atoms with Gasteiger partial charge in [0.25, 0.3) is 0 Å². The summed E-state index contributed by atoms with van der Waals surface area (Å²) in [6.07, 6.45) is 6.89. The maximum atomic E-state index is 5.42. The van der Waals surface area contributed by atoms with Gasteiger partial charge in [0.15, 0.2) is 17.5 Å². The Hall–Kier alpha value is -2.11. The summed E-state index contributed by atoms with van der Waals surface area (Å²) in [5.41, 5.74) is 1.56.